The van der Waals surface area contributed by atoms with E-state index in [-0.39, 0.29) is 11.9 Å². The van der Waals surface area contributed by atoms with Crippen molar-refractivity contribution in [3.05, 3.63) is 28.5 Å². The number of nitrogens with zero attached hydrogens (tertiary/aromatic N) is 2. The number of amides is 1. The third-order valence-corrected chi connectivity index (χ3v) is 3.43. The topological polar surface area (TPSA) is 59.2 Å². The van der Waals surface area contributed by atoms with Gasteiger partial charge in [0.1, 0.15) is 5.69 Å². The molecule has 1 aliphatic heterocycles. The molecule has 1 fully saturated rings. The highest BCUT2D eigenvalue weighted by Crippen LogP contribution is 2.17. The molecule has 16 heavy (non-hydrogen) atoms. The normalized spacial score (nSPS) is 17.5. The molecule has 5 heteroatoms. The van der Waals surface area contributed by atoms with Crippen molar-refractivity contribution in [1.82, 2.24) is 9.88 Å². The SMILES string of the molecule is NC1CCN(C(=O)c2ncccc2Br)CC1. The van der Waals surface area contributed by atoms with Crippen molar-refractivity contribution in [3.8, 4) is 0 Å². The summed E-state index contributed by atoms with van der Waals surface area (Å²) in [7, 11) is 0. The Balaban J connectivity index is 2.11. The second-order valence-corrected chi connectivity index (χ2v) is 4.82. The predicted molar refractivity (Wildman–Crippen MR) is 65.0 cm³/mol. The maximum Gasteiger partial charge on any atom is 0.273 e. The van der Waals surface area contributed by atoms with Crippen molar-refractivity contribution in [1.29, 1.82) is 0 Å². The summed E-state index contributed by atoms with van der Waals surface area (Å²) in [6, 6.07) is 3.86. The van der Waals surface area contributed by atoms with Gasteiger partial charge in [0.15, 0.2) is 0 Å². The fourth-order valence-corrected chi connectivity index (χ4v) is 2.22. The number of carbonyl (C=O) groups is 1. The summed E-state index contributed by atoms with van der Waals surface area (Å²) >= 11 is 3.34. The molecule has 1 aliphatic rings. The van der Waals surface area contributed by atoms with Gasteiger partial charge in [-0.1, -0.05) is 0 Å². The van der Waals surface area contributed by atoms with Crippen LogP contribution in [0.2, 0.25) is 0 Å². The fourth-order valence-electron chi connectivity index (χ4n) is 1.80. The minimum Gasteiger partial charge on any atom is -0.337 e. The molecule has 1 aromatic rings. The van der Waals surface area contributed by atoms with Crippen LogP contribution in [0.1, 0.15) is 23.3 Å². The lowest BCUT2D eigenvalue weighted by atomic mass is 10.1. The number of pyridine rings is 1. The van der Waals surface area contributed by atoms with Gasteiger partial charge in [0.25, 0.3) is 5.91 Å². The molecule has 0 radical (unpaired) electrons. The van der Waals surface area contributed by atoms with Crippen LogP contribution in [-0.2, 0) is 0 Å². The highest BCUT2D eigenvalue weighted by molar-refractivity contribution is 9.10. The van der Waals surface area contributed by atoms with Gasteiger partial charge in [0, 0.05) is 29.8 Å². The number of carbonyl (C=O) groups excluding carboxylic acids is 1. The van der Waals surface area contributed by atoms with Crippen molar-refractivity contribution in [2.24, 2.45) is 5.73 Å². The monoisotopic (exact) mass is 283 g/mol. The number of rotatable bonds is 1. The first kappa shape index (κ1) is 11.5. The van der Waals surface area contributed by atoms with Crippen LogP contribution in [0.4, 0.5) is 0 Å². The summed E-state index contributed by atoms with van der Waals surface area (Å²) in [5.74, 6) is -0.0145. The molecule has 1 saturated heterocycles. The number of hydrogen-bond acceptors (Lipinski definition) is 3. The molecule has 86 valence electrons. The molecule has 2 heterocycles. The van der Waals surface area contributed by atoms with Gasteiger partial charge in [-0.2, -0.15) is 0 Å². The number of likely N-dealkylation sites (tertiary alicyclic amines) is 1. The lowest BCUT2D eigenvalue weighted by Gasteiger charge is -2.30. The second kappa shape index (κ2) is 4.93. The standard InChI is InChI=1S/C11H14BrN3O/c12-9-2-1-5-14-10(9)11(16)15-6-3-8(13)4-7-15/h1-2,5,8H,3-4,6-7,13H2. The van der Waals surface area contributed by atoms with E-state index in [1.54, 1.807) is 12.3 Å². The van der Waals surface area contributed by atoms with E-state index in [0.717, 1.165) is 30.4 Å². The molecule has 0 unspecified atom stereocenters. The average molecular weight is 284 g/mol. The first-order valence-corrected chi connectivity index (χ1v) is 6.13. The Hall–Kier alpha value is -0.940. The third kappa shape index (κ3) is 2.41. The van der Waals surface area contributed by atoms with Crippen LogP contribution in [0.15, 0.2) is 22.8 Å². The van der Waals surface area contributed by atoms with Gasteiger partial charge >= 0.3 is 0 Å². The van der Waals surface area contributed by atoms with Gasteiger partial charge in [-0.15, -0.1) is 0 Å². The van der Waals surface area contributed by atoms with E-state index in [2.05, 4.69) is 20.9 Å². The number of piperidine rings is 1. The highest BCUT2D eigenvalue weighted by Gasteiger charge is 2.23. The second-order valence-electron chi connectivity index (χ2n) is 3.96. The number of nitrogens with two attached hydrogens (primary N) is 1. The Bertz CT molecular complexity index is 389. The first-order valence-electron chi connectivity index (χ1n) is 5.34. The molecule has 4 nitrogen and oxygen atoms in total. The summed E-state index contributed by atoms with van der Waals surface area (Å²) in [5, 5.41) is 0. The zero-order valence-corrected chi connectivity index (χ0v) is 10.5. The van der Waals surface area contributed by atoms with Gasteiger partial charge < -0.3 is 10.6 Å². The Labute approximate surface area is 103 Å². The Kier molecular flexibility index (Phi) is 3.56. The molecule has 0 spiro atoms. The highest BCUT2D eigenvalue weighted by atomic mass is 79.9. The summed E-state index contributed by atoms with van der Waals surface area (Å²) in [4.78, 5) is 18.0. The van der Waals surface area contributed by atoms with E-state index in [1.165, 1.54) is 0 Å². The largest absolute Gasteiger partial charge is 0.337 e. The summed E-state index contributed by atoms with van der Waals surface area (Å²) < 4.78 is 0.745. The molecular formula is C11H14BrN3O. The van der Waals surface area contributed by atoms with Gasteiger partial charge in [0.05, 0.1) is 0 Å². The van der Waals surface area contributed by atoms with E-state index < -0.39 is 0 Å². The maximum atomic E-state index is 12.1. The summed E-state index contributed by atoms with van der Waals surface area (Å²) in [5.41, 5.74) is 6.29. The van der Waals surface area contributed by atoms with Gasteiger partial charge in [-0.05, 0) is 40.9 Å². The number of halogens is 1. The van der Waals surface area contributed by atoms with Gasteiger partial charge in [0.2, 0.25) is 0 Å². The predicted octanol–water partition coefficient (Wildman–Crippen LogP) is 1.41. The quantitative estimate of drug-likeness (QED) is 0.848. The molecule has 2 N–H and O–H groups in total. The summed E-state index contributed by atoms with van der Waals surface area (Å²) in [6.07, 6.45) is 3.38. The molecule has 0 aliphatic carbocycles. The molecule has 0 atom stereocenters. The summed E-state index contributed by atoms with van der Waals surface area (Å²) in [6.45, 7) is 1.45. The minimum absolute atomic E-state index is 0.0145. The molecule has 2 rings (SSSR count). The van der Waals surface area contributed by atoms with Crippen LogP contribution < -0.4 is 5.73 Å². The molecule has 0 saturated carbocycles. The van der Waals surface area contributed by atoms with Crippen LogP contribution in [-0.4, -0.2) is 34.9 Å². The van der Waals surface area contributed by atoms with E-state index in [0.29, 0.717) is 5.69 Å². The van der Waals surface area contributed by atoms with E-state index in [1.807, 2.05) is 11.0 Å². The van der Waals surface area contributed by atoms with Crippen LogP contribution >= 0.6 is 15.9 Å². The average Bonchev–Trinajstić information content (AvgIpc) is 2.30. The molecule has 0 aromatic carbocycles. The molecule has 1 aromatic heterocycles. The lowest BCUT2D eigenvalue weighted by Crippen LogP contribution is -2.43. The van der Waals surface area contributed by atoms with E-state index in [9.17, 15) is 4.79 Å². The maximum absolute atomic E-state index is 12.1. The zero-order chi connectivity index (χ0) is 11.5. The van der Waals surface area contributed by atoms with Crippen LogP contribution in [0.5, 0.6) is 0 Å². The van der Waals surface area contributed by atoms with E-state index >= 15 is 0 Å². The fraction of sp³-hybridized carbons (Fsp3) is 0.455. The lowest BCUT2D eigenvalue weighted by molar-refractivity contribution is 0.0708. The Morgan fingerprint density at radius 2 is 2.19 bits per heavy atom. The van der Waals surface area contributed by atoms with Crippen molar-refractivity contribution in [2.45, 2.75) is 18.9 Å². The number of hydrogen-bond donors (Lipinski definition) is 1. The van der Waals surface area contributed by atoms with Crippen LogP contribution in [0.25, 0.3) is 0 Å². The zero-order valence-electron chi connectivity index (χ0n) is 8.90. The van der Waals surface area contributed by atoms with Crippen LogP contribution in [0, 0.1) is 0 Å². The van der Waals surface area contributed by atoms with E-state index in [4.69, 9.17) is 5.73 Å². The molecule has 1 amide bonds. The van der Waals surface area contributed by atoms with Gasteiger partial charge in [-0.3, -0.25) is 4.79 Å². The van der Waals surface area contributed by atoms with Crippen molar-refractivity contribution >= 4 is 21.8 Å². The number of aromatic nitrogens is 1. The van der Waals surface area contributed by atoms with Crippen molar-refractivity contribution < 1.29 is 4.79 Å². The Morgan fingerprint density at radius 3 is 2.81 bits per heavy atom. The van der Waals surface area contributed by atoms with Crippen molar-refractivity contribution in [3.63, 3.8) is 0 Å². The van der Waals surface area contributed by atoms with Crippen LogP contribution in [0.3, 0.4) is 0 Å². The minimum atomic E-state index is -0.0145. The molecule has 0 bridgehead atoms. The Morgan fingerprint density at radius 1 is 1.50 bits per heavy atom. The third-order valence-electron chi connectivity index (χ3n) is 2.79. The van der Waals surface area contributed by atoms with Gasteiger partial charge in [-0.25, -0.2) is 4.98 Å². The van der Waals surface area contributed by atoms with Crippen molar-refractivity contribution in [2.75, 3.05) is 13.1 Å². The first-order chi connectivity index (χ1) is 7.68. The smallest absolute Gasteiger partial charge is 0.273 e. The molecular weight excluding hydrogens is 270 g/mol.